The van der Waals surface area contributed by atoms with E-state index in [-0.39, 0.29) is 35.9 Å². The quantitative estimate of drug-likeness (QED) is 0.818. The first kappa shape index (κ1) is 15.7. The number of rotatable bonds is 2. The van der Waals surface area contributed by atoms with Crippen molar-refractivity contribution in [1.29, 1.82) is 0 Å². The maximum atomic E-state index is 13.0. The van der Waals surface area contributed by atoms with Gasteiger partial charge < -0.3 is 4.90 Å². The van der Waals surface area contributed by atoms with Crippen LogP contribution in [0.1, 0.15) is 56.4 Å². The van der Waals surface area contributed by atoms with Crippen LogP contribution >= 0.6 is 0 Å². The Bertz CT molecular complexity index is 665. The molecule has 0 aromatic heterocycles. The fourth-order valence-electron chi connectivity index (χ4n) is 4.36. The lowest BCUT2D eigenvalue weighted by Crippen LogP contribution is -2.37. The highest BCUT2D eigenvalue weighted by Crippen LogP contribution is 2.49. The van der Waals surface area contributed by atoms with E-state index in [1.165, 1.54) is 0 Å². The molecule has 5 heteroatoms. The zero-order valence-electron chi connectivity index (χ0n) is 13.6. The Morgan fingerprint density at radius 3 is 2.17 bits per heavy atom. The summed E-state index contributed by atoms with van der Waals surface area (Å²) < 4.78 is 26.0. The number of carbonyl (C=O) groups is 2. The molecule has 24 heavy (non-hydrogen) atoms. The number of ketones is 1. The highest BCUT2D eigenvalue weighted by molar-refractivity contribution is 6.01. The van der Waals surface area contributed by atoms with Crippen molar-refractivity contribution in [1.82, 2.24) is 0 Å². The highest BCUT2D eigenvalue weighted by atomic mass is 19.3. The Labute approximate surface area is 140 Å². The molecule has 1 amide bonds. The highest BCUT2D eigenvalue weighted by Gasteiger charge is 2.49. The Hall–Kier alpha value is -1.78. The minimum absolute atomic E-state index is 0.0703. The molecule has 1 spiro atoms. The Kier molecular flexibility index (Phi) is 3.52. The molecule has 2 saturated carbocycles. The van der Waals surface area contributed by atoms with E-state index in [1.54, 1.807) is 4.90 Å². The lowest BCUT2D eigenvalue weighted by atomic mass is 9.72. The van der Waals surface area contributed by atoms with Gasteiger partial charge in [-0.3, -0.25) is 9.59 Å². The third kappa shape index (κ3) is 2.54. The molecule has 128 valence electrons. The molecular weight excluding hydrogens is 312 g/mol. The topological polar surface area (TPSA) is 37.4 Å². The molecular formula is C19H21F2NO2. The third-order valence-corrected chi connectivity index (χ3v) is 6.04. The minimum Gasteiger partial charge on any atom is -0.312 e. The van der Waals surface area contributed by atoms with E-state index in [0.29, 0.717) is 32.2 Å². The first-order chi connectivity index (χ1) is 11.4. The lowest BCUT2D eigenvalue weighted by Gasteiger charge is -2.35. The number of halogens is 2. The maximum Gasteiger partial charge on any atom is 0.249 e. The van der Waals surface area contributed by atoms with Crippen molar-refractivity contribution < 1.29 is 18.4 Å². The summed E-state index contributed by atoms with van der Waals surface area (Å²) in [5.74, 6) is -2.20. The summed E-state index contributed by atoms with van der Waals surface area (Å²) in [6.45, 7) is 0.674. The molecule has 1 heterocycles. The lowest BCUT2D eigenvalue weighted by molar-refractivity contribution is -0.130. The van der Waals surface area contributed by atoms with E-state index in [1.807, 2.05) is 24.3 Å². The first-order valence-electron chi connectivity index (χ1n) is 8.70. The molecule has 0 atom stereocenters. The molecule has 3 aliphatic rings. The summed E-state index contributed by atoms with van der Waals surface area (Å²) in [6, 6.07) is 7.49. The number of carbonyl (C=O) groups excluding carboxylic acids is 2. The number of Topliss-reactive ketones (excluding diaryl/α,β-unsaturated/α-hetero) is 1. The van der Waals surface area contributed by atoms with Crippen molar-refractivity contribution in [3.8, 4) is 0 Å². The predicted octanol–water partition coefficient (Wildman–Crippen LogP) is 4.07. The second kappa shape index (κ2) is 5.36. The van der Waals surface area contributed by atoms with Crippen LogP contribution in [-0.2, 0) is 9.59 Å². The van der Waals surface area contributed by atoms with Crippen LogP contribution < -0.4 is 4.90 Å². The number of hydrogen-bond acceptors (Lipinski definition) is 2. The molecule has 1 aliphatic heterocycles. The minimum atomic E-state index is -2.51. The van der Waals surface area contributed by atoms with Gasteiger partial charge >= 0.3 is 0 Å². The van der Waals surface area contributed by atoms with Gasteiger partial charge in [0.2, 0.25) is 11.8 Å². The van der Waals surface area contributed by atoms with Crippen LogP contribution in [0.3, 0.4) is 0 Å². The van der Waals surface area contributed by atoms with Gasteiger partial charge in [-0.1, -0.05) is 12.1 Å². The molecule has 2 aliphatic carbocycles. The smallest absolute Gasteiger partial charge is 0.249 e. The van der Waals surface area contributed by atoms with Crippen LogP contribution in [0.2, 0.25) is 0 Å². The van der Waals surface area contributed by atoms with Crippen molar-refractivity contribution in [2.45, 2.75) is 56.8 Å². The maximum absolute atomic E-state index is 13.0. The van der Waals surface area contributed by atoms with Gasteiger partial charge in [-0.05, 0) is 42.9 Å². The summed E-state index contributed by atoms with van der Waals surface area (Å²) in [6.07, 6.45) is 2.99. The molecule has 0 unspecified atom stereocenters. The average Bonchev–Trinajstić information content (AvgIpc) is 2.85. The molecule has 3 nitrogen and oxygen atoms in total. The van der Waals surface area contributed by atoms with Gasteiger partial charge in [0.1, 0.15) is 5.78 Å². The van der Waals surface area contributed by atoms with E-state index >= 15 is 0 Å². The van der Waals surface area contributed by atoms with E-state index in [9.17, 15) is 18.4 Å². The third-order valence-electron chi connectivity index (χ3n) is 6.04. The Balaban J connectivity index is 1.47. The average molecular weight is 333 g/mol. The van der Waals surface area contributed by atoms with Crippen molar-refractivity contribution in [3.63, 3.8) is 0 Å². The fourth-order valence-corrected chi connectivity index (χ4v) is 4.36. The monoisotopic (exact) mass is 333 g/mol. The van der Waals surface area contributed by atoms with Crippen molar-refractivity contribution in [2.24, 2.45) is 5.41 Å². The van der Waals surface area contributed by atoms with E-state index in [0.717, 1.165) is 17.7 Å². The van der Waals surface area contributed by atoms with E-state index < -0.39 is 5.92 Å². The van der Waals surface area contributed by atoms with Gasteiger partial charge in [-0.15, -0.1) is 0 Å². The summed E-state index contributed by atoms with van der Waals surface area (Å²) in [4.78, 5) is 26.1. The van der Waals surface area contributed by atoms with Crippen LogP contribution in [0.25, 0.3) is 0 Å². The van der Waals surface area contributed by atoms with Crippen LogP contribution in [0.4, 0.5) is 14.5 Å². The molecule has 1 aromatic carbocycles. The second-order valence-electron chi connectivity index (χ2n) is 7.58. The van der Waals surface area contributed by atoms with Gasteiger partial charge in [-0.2, -0.15) is 0 Å². The van der Waals surface area contributed by atoms with Gasteiger partial charge in [0.15, 0.2) is 0 Å². The zero-order valence-corrected chi connectivity index (χ0v) is 13.6. The fraction of sp³-hybridized carbons (Fsp3) is 0.579. The zero-order chi connectivity index (χ0) is 16.9. The van der Waals surface area contributed by atoms with Gasteiger partial charge in [0, 0.05) is 37.9 Å². The summed E-state index contributed by atoms with van der Waals surface area (Å²) >= 11 is 0. The second-order valence-corrected chi connectivity index (χ2v) is 7.58. The predicted molar refractivity (Wildman–Crippen MR) is 86.2 cm³/mol. The SMILES string of the molecule is O=C1CCC2(CC1)CCN(c1ccc(C3CC(F)(F)C3)cc1)C2=O. The molecule has 0 radical (unpaired) electrons. The Morgan fingerprint density at radius 2 is 1.58 bits per heavy atom. The van der Waals surface area contributed by atoms with Crippen molar-refractivity contribution in [3.05, 3.63) is 29.8 Å². The first-order valence-corrected chi connectivity index (χ1v) is 8.70. The van der Waals surface area contributed by atoms with Crippen LogP contribution in [0, 0.1) is 5.41 Å². The van der Waals surface area contributed by atoms with Gasteiger partial charge in [0.05, 0.1) is 5.41 Å². The summed E-state index contributed by atoms with van der Waals surface area (Å²) in [5, 5.41) is 0. The van der Waals surface area contributed by atoms with Gasteiger partial charge in [0.25, 0.3) is 0 Å². The molecule has 1 saturated heterocycles. The Morgan fingerprint density at radius 1 is 0.958 bits per heavy atom. The normalized spacial score (nSPS) is 26.0. The number of amides is 1. The largest absolute Gasteiger partial charge is 0.312 e. The van der Waals surface area contributed by atoms with E-state index in [2.05, 4.69) is 0 Å². The van der Waals surface area contributed by atoms with Crippen LogP contribution in [0.15, 0.2) is 24.3 Å². The number of hydrogen-bond donors (Lipinski definition) is 0. The number of anilines is 1. The number of alkyl halides is 2. The van der Waals surface area contributed by atoms with Crippen LogP contribution in [-0.4, -0.2) is 24.2 Å². The van der Waals surface area contributed by atoms with Gasteiger partial charge in [-0.25, -0.2) is 8.78 Å². The number of nitrogens with zero attached hydrogens (tertiary/aromatic N) is 1. The molecule has 4 rings (SSSR count). The standard InChI is InChI=1S/C19H21F2NO2/c20-19(21)11-14(12-19)13-1-3-15(4-2-13)22-10-9-18(17(22)24)7-5-16(23)6-8-18/h1-4,14H,5-12H2. The molecule has 1 aromatic rings. The number of benzene rings is 1. The molecule has 3 fully saturated rings. The molecule has 0 N–H and O–H groups in total. The summed E-state index contributed by atoms with van der Waals surface area (Å²) in [7, 11) is 0. The summed E-state index contributed by atoms with van der Waals surface area (Å²) in [5.41, 5.74) is 1.40. The van der Waals surface area contributed by atoms with Crippen molar-refractivity contribution in [2.75, 3.05) is 11.4 Å². The van der Waals surface area contributed by atoms with Crippen LogP contribution in [0.5, 0.6) is 0 Å². The van der Waals surface area contributed by atoms with E-state index in [4.69, 9.17) is 0 Å². The van der Waals surface area contributed by atoms with Crippen molar-refractivity contribution >= 4 is 17.4 Å². The molecule has 0 bridgehead atoms.